The van der Waals surface area contributed by atoms with Crippen molar-refractivity contribution in [1.82, 2.24) is 0 Å². The van der Waals surface area contributed by atoms with Crippen molar-refractivity contribution in [1.29, 1.82) is 0 Å². The minimum Gasteiger partial charge on any atom is -0.545 e. The van der Waals surface area contributed by atoms with Gasteiger partial charge < -0.3 is 9.90 Å². The third kappa shape index (κ3) is 8.85. The van der Waals surface area contributed by atoms with Crippen LogP contribution in [0.2, 0.25) is 0 Å². The van der Waals surface area contributed by atoms with Crippen LogP contribution in [0.3, 0.4) is 0 Å². The van der Waals surface area contributed by atoms with Crippen LogP contribution in [0.15, 0.2) is 11.1 Å². The number of carboxylic acid groups (broad SMARTS) is 1. The van der Waals surface area contributed by atoms with Crippen molar-refractivity contribution in [3.8, 4) is 0 Å². The molecule has 0 rings (SSSR count). The molecule has 0 radical (unpaired) electrons. The normalized spacial score (nSPS) is 12.4. The molecule has 0 aromatic carbocycles. The van der Waals surface area contributed by atoms with Crippen molar-refractivity contribution in [3.63, 3.8) is 0 Å². The number of unbranched alkanes of at least 4 members (excludes halogenated alkanes) is 6. The molecule has 0 N–H and O–H groups in total. The summed E-state index contributed by atoms with van der Waals surface area (Å²) < 4.78 is 0. The zero-order chi connectivity index (χ0) is 14.5. The second-order valence-electron chi connectivity index (χ2n) is 5.34. The third-order valence-corrected chi connectivity index (χ3v) is 3.71. The Balaban J connectivity index is 4.37. The van der Waals surface area contributed by atoms with E-state index in [-0.39, 0.29) is 0 Å². The lowest BCUT2D eigenvalue weighted by atomic mass is 9.95. The molecule has 0 aliphatic carbocycles. The van der Waals surface area contributed by atoms with Crippen molar-refractivity contribution in [2.75, 3.05) is 0 Å². The largest absolute Gasteiger partial charge is 0.545 e. The number of hydrogen-bond donors (Lipinski definition) is 0. The number of aliphatic carboxylic acids is 1. The average molecular weight is 267 g/mol. The highest BCUT2D eigenvalue weighted by Gasteiger charge is 2.07. The van der Waals surface area contributed by atoms with Crippen molar-refractivity contribution < 1.29 is 9.90 Å². The van der Waals surface area contributed by atoms with Gasteiger partial charge in [0, 0.05) is 0 Å². The Morgan fingerprint density at radius 1 is 0.789 bits per heavy atom. The Hall–Kier alpha value is -0.790. The van der Waals surface area contributed by atoms with Gasteiger partial charge in [-0.15, -0.1) is 0 Å². The van der Waals surface area contributed by atoms with Crippen molar-refractivity contribution in [2.24, 2.45) is 0 Å². The fraction of sp³-hybridized carbons (Fsp3) is 0.824. The SMILES string of the molecule is CCCCCC/C(CC)=C(\CCCCCC)C(=O)[O-]. The standard InChI is InChI=1S/C17H32O2/c1-4-7-9-11-13-15(6-3)16(17(18)19)14-12-10-8-5-2/h4-14H2,1-3H3,(H,18,19)/p-1/b16-15+. The summed E-state index contributed by atoms with van der Waals surface area (Å²) in [7, 11) is 0. The van der Waals surface area contributed by atoms with Crippen LogP contribution in [-0.2, 0) is 4.79 Å². The molecule has 2 heteroatoms. The Bertz CT molecular complexity index is 266. The summed E-state index contributed by atoms with van der Waals surface area (Å²) in [5.74, 6) is -0.941. The van der Waals surface area contributed by atoms with E-state index in [0.29, 0.717) is 12.0 Å². The molecule has 0 aliphatic rings. The van der Waals surface area contributed by atoms with Gasteiger partial charge in [-0.05, 0) is 37.7 Å². The molecule has 0 aromatic heterocycles. The van der Waals surface area contributed by atoms with Gasteiger partial charge >= 0.3 is 0 Å². The molecule has 0 atom stereocenters. The van der Waals surface area contributed by atoms with Crippen LogP contribution in [0.5, 0.6) is 0 Å². The minimum atomic E-state index is -0.941. The van der Waals surface area contributed by atoms with E-state index in [1.165, 1.54) is 32.1 Å². The Morgan fingerprint density at radius 3 is 1.74 bits per heavy atom. The first-order valence-corrected chi connectivity index (χ1v) is 8.09. The van der Waals surface area contributed by atoms with Gasteiger partial charge in [0.25, 0.3) is 0 Å². The first-order valence-electron chi connectivity index (χ1n) is 8.09. The summed E-state index contributed by atoms with van der Waals surface area (Å²) in [6, 6.07) is 0. The van der Waals surface area contributed by atoms with Crippen LogP contribution >= 0.6 is 0 Å². The Morgan fingerprint density at radius 2 is 1.32 bits per heavy atom. The van der Waals surface area contributed by atoms with Crippen LogP contribution in [-0.4, -0.2) is 5.97 Å². The molecule has 0 fully saturated rings. The number of carbonyl (C=O) groups excluding carboxylic acids is 1. The van der Waals surface area contributed by atoms with E-state index in [2.05, 4.69) is 20.8 Å². The van der Waals surface area contributed by atoms with E-state index in [4.69, 9.17) is 0 Å². The first kappa shape index (κ1) is 18.2. The number of allylic oxidation sites excluding steroid dienone is 1. The fourth-order valence-corrected chi connectivity index (χ4v) is 2.46. The van der Waals surface area contributed by atoms with Crippen molar-refractivity contribution in [2.45, 2.75) is 91.4 Å². The summed E-state index contributed by atoms with van der Waals surface area (Å²) in [5, 5.41) is 11.3. The van der Waals surface area contributed by atoms with Gasteiger partial charge in [-0.3, -0.25) is 0 Å². The highest BCUT2D eigenvalue weighted by molar-refractivity contribution is 5.85. The molecule has 0 saturated heterocycles. The van der Waals surface area contributed by atoms with Crippen LogP contribution in [0.1, 0.15) is 91.4 Å². The second-order valence-corrected chi connectivity index (χ2v) is 5.34. The van der Waals surface area contributed by atoms with Gasteiger partial charge in [0.05, 0.1) is 5.97 Å². The summed E-state index contributed by atoms with van der Waals surface area (Å²) in [6.07, 6.45) is 11.7. The van der Waals surface area contributed by atoms with Crippen molar-refractivity contribution >= 4 is 5.97 Å². The summed E-state index contributed by atoms with van der Waals surface area (Å²) in [4.78, 5) is 11.3. The molecular formula is C17H31O2-. The molecule has 0 spiro atoms. The quantitative estimate of drug-likeness (QED) is 0.389. The molecule has 2 nitrogen and oxygen atoms in total. The van der Waals surface area contributed by atoms with E-state index in [9.17, 15) is 9.90 Å². The lowest BCUT2D eigenvalue weighted by Crippen LogP contribution is -2.25. The fourth-order valence-electron chi connectivity index (χ4n) is 2.46. The predicted octanol–water partition coefficient (Wildman–Crippen LogP) is 4.38. The van der Waals surface area contributed by atoms with E-state index < -0.39 is 5.97 Å². The van der Waals surface area contributed by atoms with Gasteiger partial charge in [0.15, 0.2) is 0 Å². The lowest BCUT2D eigenvalue weighted by molar-refractivity contribution is -0.299. The number of rotatable bonds is 12. The minimum absolute atomic E-state index is 0.593. The molecule has 112 valence electrons. The molecule has 0 unspecified atom stereocenters. The van der Waals surface area contributed by atoms with Crippen LogP contribution < -0.4 is 5.11 Å². The van der Waals surface area contributed by atoms with Crippen LogP contribution in [0.25, 0.3) is 0 Å². The van der Waals surface area contributed by atoms with Gasteiger partial charge in [-0.25, -0.2) is 0 Å². The molecular weight excluding hydrogens is 236 g/mol. The zero-order valence-corrected chi connectivity index (χ0v) is 13.1. The van der Waals surface area contributed by atoms with E-state index >= 15 is 0 Å². The zero-order valence-electron chi connectivity index (χ0n) is 13.1. The maximum atomic E-state index is 11.3. The van der Waals surface area contributed by atoms with Crippen LogP contribution in [0.4, 0.5) is 0 Å². The monoisotopic (exact) mass is 267 g/mol. The predicted molar refractivity (Wildman–Crippen MR) is 79.8 cm³/mol. The number of carboxylic acids is 1. The number of carbonyl (C=O) groups is 1. The average Bonchev–Trinajstić information content (AvgIpc) is 2.40. The molecule has 19 heavy (non-hydrogen) atoms. The van der Waals surface area contributed by atoms with E-state index in [0.717, 1.165) is 37.7 Å². The van der Waals surface area contributed by atoms with Gasteiger partial charge in [0.1, 0.15) is 0 Å². The molecule has 0 heterocycles. The van der Waals surface area contributed by atoms with Gasteiger partial charge in [-0.1, -0.05) is 64.9 Å². The second kappa shape index (κ2) is 12.3. The Labute approximate surface area is 119 Å². The smallest absolute Gasteiger partial charge is 0.0674 e. The highest BCUT2D eigenvalue weighted by atomic mass is 16.4. The third-order valence-electron chi connectivity index (χ3n) is 3.71. The van der Waals surface area contributed by atoms with E-state index in [1.807, 2.05) is 0 Å². The van der Waals surface area contributed by atoms with Gasteiger partial charge in [0.2, 0.25) is 0 Å². The molecule has 0 aromatic rings. The highest BCUT2D eigenvalue weighted by Crippen LogP contribution is 2.21. The first-order chi connectivity index (χ1) is 9.17. The number of hydrogen-bond acceptors (Lipinski definition) is 2. The topological polar surface area (TPSA) is 40.1 Å². The summed E-state index contributed by atoms with van der Waals surface area (Å²) in [6.45, 7) is 6.42. The lowest BCUT2D eigenvalue weighted by Gasteiger charge is -2.15. The molecule has 0 saturated carbocycles. The Kier molecular flexibility index (Phi) is 11.7. The maximum Gasteiger partial charge on any atom is 0.0674 e. The van der Waals surface area contributed by atoms with E-state index in [1.54, 1.807) is 0 Å². The van der Waals surface area contributed by atoms with Crippen molar-refractivity contribution in [3.05, 3.63) is 11.1 Å². The van der Waals surface area contributed by atoms with Gasteiger partial charge in [-0.2, -0.15) is 0 Å². The molecule has 0 amide bonds. The summed E-state index contributed by atoms with van der Waals surface area (Å²) >= 11 is 0. The van der Waals surface area contributed by atoms with Crippen LogP contribution in [0, 0.1) is 0 Å². The maximum absolute atomic E-state index is 11.3. The molecule has 0 bridgehead atoms. The molecule has 0 aliphatic heterocycles. The summed E-state index contributed by atoms with van der Waals surface area (Å²) in [5.41, 5.74) is 1.71.